The highest BCUT2D eigenvalue weighted by molar-refractivity contribution is 7.80. The molecule has 16 heavy (non-hydrogen) atoms. The molecule has 0 bridgehead atoms. The maximum Gasteiger partial charge on any atom is 0.166 e. The fraction of sp³-hybridized carbons (Fsp3) is 0.444. The summed E-state index contributed by atoms with van der Waals surface area (Å²) < 4.78 is 0. The minimum Gasteiger partial charge on any atom is -0.366 e. The topological polar surface area (TPSA) is 53.1 Å². The van der Waals surface area contributed by atoms with Gasteiger partial charge in [-0.25, -0.2) is 0 Å². The summed E-state index contributed by atoms with van der Waals surface area (Å²) in [5.41, 5.74) is 0. The van der Waals surface area contributed by atoms with E-state index in [2.05, 4.69) is 20.8 Å². The fourth-order valence-electron chi connectivity index (χ4n) is 1.05. The Morgan fingerprint density at radius 2 is 2.25 bits per heavy atom. The summed E-state index contributed by atoms with van der Waals surface area (Å²) in [6.07, 6.45) is 0. The first-order valence-corrected chi connectivity index (χ1v) is 5.58. The Balaban J connectivity index is 2.37. The molecule has 0 aromatic carbocycles. The number of likely N-dealkylation sites (N-methyl/N-ethyl adjacent to an activating group) is 1. The van der Waals surface area contributed by atoms with Crippen LogP contribution in [0, 0.1) is 0 Å². The first kappa shape index (κ1) is 12.9. The van der Waals surface area contributed by atoms with Crippen LogP contribution in [-0.4, -0.2) is 42.5 Å². The number of halogens is 1. The maximum atomic E-state index is 5.65. The normalized spacial score (nSPS) is 9.69. The molecule has 0 amide bonds. The molecule has 5 nitrogen and oxygen atoms in total. The molecular weight excluding hydrogens is 246 g/mol. The summed E-state index contributed by atoms with van der Waals surface area (Å²) >= 11 is 10.6. The third kappa shape index (κ3) is 4.16. The molecule has 2 N–H and O–H groups in total. The standard InChI is InChI=1S/C9H14ClN5S/c1-11-9(16)12-5-6-15(2)8-4-3-7(10)13-14-8/h3-4H,5-6H2,1-2H3,(H2,11,12,16). The van der Waals surface area contributed by atoms with Gasteiger partial charge in [-0.05, 0) is 24.4 Å². The molecule has 0 aliphatic rings. The van der Waals surface area contributed by atoms with Crippen LogP contribution >= 0.6 is 23.8 Å². The number of rotatable bonds is 4. The van der Waals surface area contributed by atoms with Crippen molar-refractivity contribution >= 4 is 34.7 Å². The molecule has 0 fully saturated rings. The highest BCUT2D eigenvalue weighted by atomic mass is 35.5. The van der Waals surface area contributed by atoms with Crippen molar-refractivity contribution in [1.29, 1.82) is 0 Å². The van der Waals surface area contributed by atoms with Crippen LogP contribution in [0.3, 0.4) is 0 Å². The molecule has 0 aliphatic carbocycles. The van der Waals surface area contributed by atoms with Crippen LogP contribution < -0.4 is 15.5 Å². The van der Waals surface area contributed by atoms with Gasteiger partial charge in [0.25, 0.3) is 0 Å². The molecule has 0 spiro atoms. The summed E-state index contributed by atoms with van der Waals surface area (Å²) in [6, 6.07) is 3.54. The van der Waals surface area contributed by atoms with Gasteiger partial charge in [0.2, 0.25) is 0 Å². The number of hydrogen-bond donors (Lipinski definition) is 2. The van der Waals surface area contributed by atoms with E-state index in [1.165, 1.54) is 0 Å². The quantitative estimate of drug-likeness (QED) is 0.775. The number of aromatic nitrogens is 2. The highest BCUT2D eigenvalue weighted by Gasteiger charge is 2.02. The zero-order valence-electron chi connectivity index (χ0n) is 9.20. The smallest absolute Gasteiger partial charge is 0.166 e. The van der Waals surface area contributed by atoms with E-state index in [-0.39, 0.29) is 0 Å². The van der Waals surface area contributed by atoms with Crippen molar-refractivity contribution in [3.8, 4) is 0 Å². The fourth-order valence-corrected chi connectivity index (χ4v) is 1.26. The van der Waals surface area contributed by atoms with E-state index in [0.717, 1.165) is 18.9 Å². The van der Waals surface area contributed by atoms with Crippen LogP contribution in [0.1, 0.15) is 0 Å². The van der Waals surface area contributed by atoms with E-state index in [4.69, 9.17) is 23.8 Å². The molecule has 1 aromatic rings. The largest absolute Gasteiger partial charge is 0.366 e. The van der Waals surface area contributed by atoms with Crippen LogP contribution in [0.5, 0.6) is 0 Å². The van der Waals surface area contributed by atoms with Crippen molar-refractivity contribution in [3.63, 3.8) is 0 Å². The van der Waals surface area contributed by atoms with E-state index < -0.39 is 0 Å². The monoisotopic (exact) mass is 259 g/mol. The first-order chi connectivity index (χ1) is 7.63. The van der Waals surface area contributed by atoms with Gasteiger partial charge in [0.1, 0.15) is 0 Å². The average molecular weight is 260 g/mol. The summed E-state index contributed by atoms with van der Waals surface area (Å²) in [7, 11) is 3.71. The number of hydrogen-bond acceptors (Lipinski definition) is 4. The van der Waals surface area contributed by atoms with Gasteiger partial charge >= 0.3 is 0 Å². The molecule has 0 saturated heterocycles. The minimum absolute atomic E-state index is 0.395. The second-order valence-corrected chi connectivity index (χ2v) is 3.94. The van der Waals surface area contributed by atoms with Crippen LogP contribution in [0.2, 0.25) is 5.15 Å². The Bertz CT molecular complexity index is 342. The predicted octanol–water partition coefficient (Wildman–Crippen LogP) is 0.660. The predicted molar refractivity (Wildman–Crippen MR) is 70.0 cm³/mol. The van der Waals surface area contributed by atoms with Crippen molar-refractivity contribution < 1.29 is 0 Å². The van der Waals surface area contributed by atoms with Gasteiger partial charge in [0.05, 0.1) is 0 Å². The number of thiocarbonyl (C=S) groups is 1. The number of nitrogens with one attached hydrogen (secondary N) is 2. The van der Waals surface area contributed by atoms with Gasteiger partial charge in [-0.2, -0.15) is 0 Å². The highest BCUT2D eigenvalue weighted by Crippen LogP contribution is 2.09. The van der Waals surface area contributed by atoms with Crippen LogP contribution in [0.4, 0.5) is 5.82 Å². The van der Waals surface area contributed by atoms with Crippen molar-refractivity contribution in [3.05, 3.63) is 17.3 Å². The molecule has 1 rings (SSSR count). The lowest BCUT2D eigenvalue weighted by molar-refractivity contribution is 0.795. The van der Waals surface area contributed by atoms with Crippen LogP contribution in [0.25, 0.3) is 0 Å². The second kappa shape index (κ2) is 6.44. The molecule has 0 saturated carbocycles. The lowest BCUT2D eigenvalue weighted by atomic mass is 10.4. The Morgan fingerprint density at radius 1 is 1.50 bits per heavy atom. The van der Waals surface area contributed by atoms with Crippen molar-refractivity contribution in [2.24, 2.45) is 0 Å². The summed E-state index contributed by atoms with van der Waals surface area (Å²) in [5.74, 6) is 0.779. The molecule has 0 radical (unpaired) electrons. The van der Waals surface area contributed by atoms with E-state index >= 15 is 0 Å². The summed E-state index contributed by atoms with van der Waals surface area (Å²) in [4.78, 5) is 1.97. The maximum absolute atomic E-state index is 5.65. The van der Waals surface area contributed by atoms with Crippen molar-refractivity contribution in [2.75, 3.05) is 32.1 Å². The average Bonchev–Trinajstić information content (AvgIpc) is 2.29. The van der Waals surface area contributed by atoms with E-state index in [0.29, 0.717) is 10.3 Å². The van der Waals surface area contributed by atoms with Gasteiger partial charge in [-0.15, -0.1) is 10.2 Å². The lowest BCUT2D eigenvalue weighted by Gasteiger charge is -2.18. The molecule has 88 valence electrons. The van der Waals surface area contributed by atoms with Crippen molar-refractivity contribution in [1.82, 2.24) is 20.8 Å². The molecule has 0 aliphatic heterocycles. The Morgan fingerprint density at radius 3 is 2.81 bits per heavy atom. The van der Waals surface area contributed by atoms with Crippen LogP contribution in [-0.2, 0) is 0 Å². The SMILES string of the molecule is CNC(=S)NCCN(C)c1ccc(Cl)nn1. The Labute approximate surface area is 105 Å². The van der Waals surface area contributed by atoms with Gasteiger partial charge in [0, 0.05) is 27.2 Å². The van der Waals surface area contributed by atoms with Gasteiger partial charge in [0.15, 0.2) is 16.1 Å². The lowest BCUT2D eigenvalue weighted by Crippen LogP contribution is -2.37. The Hall–Kier alpha value is -1.14. The van der Waals surface area contributed by atoms with Gasteiger partial charge in [-0.3, -0.25) is 0 Å². The molecule has 1 aromatic heterocycles. The van der Waals surface area contributed by atoms with E-state index in [9.17, 15) is 0 Å². The minimum atomic E-state index is 0.395. The molecule has 1 heterocycles. The molecule has 0 atom stereocenters. The van der Waals surface area contributed by atoms with Crippen LogP contribution in [0.15, 0.2) is 12.1 Å². The number of nitrogens with zero attached hydrogens (tertiary/aromatic N) is 3. The van der Waals surface area contributed by atoms with E-state index in [1.54, 1.807) is 13.1 Å². The molecule has 0 unspecified atom stereocenters. The zero-order chi connectivity index (χ0) is 12.0. The number of anilines is 1. The summed E-state index contributed by atoms with van der Waals surface area (Å²) in [6.45, 7) is 1.51. The first-order valence-electron chi connectivity index (χ1n) is 4.79. The van der Waals surface area contributed by atoms with Crippen molar-refractivity contribution in [2.45, 2.75) is 0 Å². The second-order valence-electron chi connectivity index (χ2n) is 3.14. The third-order valence-corrected chi connectivity index (χ3v) is 2.52. The third-order valence-electron chi connectivity index (χ3n) is 1.97. The van der Waals surface area contributed by atoms with Gasteiger partial charge in [-0.1, -0.05) is 11.6 Å². The zero-order valence-corrected chi connectivity index (χ0v) is 10.8. The van der Waals surface area contributed by atoms with E-state index in [1.807, 2.05) is 18.0 Å². The molecule has 7 heteroatoms. The molecular formula is C9H14ClN5S. The Kier molecular flexibility index (Phi) is 5.21. The summed E-state index contributed by atoms with van der Waals surface area (Å²) in [5, 5.41) is 14.7. The van der Waals surface area contributed by atoms with Gasteiger partial charge < -0.3 is 15.5 Å².